The van der Waals surface area contributed by atoms with Crippen molar-refractivity contribution in [3.8, 4) is 0 Å². The number of hydrogen-bond donors (Lipinski definition) is 0. The SMILES string of the molecule is CN1CCN(C(=O)C(C)(c2ccccc2)c2ccccc2)CC1=O. The Morgan fingerprint density at radius 2 is 1.42 bits per heavy atom. The summed E-state index contributed by atoms with van der Waals surface area (Å²) in [6.45, 7) is 3.23. The van der Waals surface area contributed by atoms with Gasteiger partial charge < -0.3 is 9.80 Å². The first-order chi connectivity index (χ1) is 11.5. The number of likely N-dealkylation sites (N-methyl/N-ethyl adjacent to an activating group) is 1. The van der Waals surface area contributed by atoms with Crippen LogP contribution >= 0.6 is 0 Å². The fourth-order valence-electron chi connectivity index (χ4n) is 3.20. The third-order valence-electron chi connectivity index (χ3n) is 4.87. The number of carbonyl (C=O) groups excluding carboxylic acids is 2. The molecule has 0 aliphatic carbocycles. The fourth-order valence-corrected chi connectivity index (χ4v) is 3.20. The molecule has 0 saturated carbocycles. The summed E-state index contributed by atoms with van der Waals surface area (Å²) in [4.78, 5) is 28.8. The summed E-state index contributed by atoms with van der Waals surface area (Å²) in [5.74, 6) is -0.0422. The summed E-state index contributed by atoms with van der Waals surface area (Å²) in [5.41, 5.74) is 1.07. The third kappa shape index (κ3) is 2.80. The Labute approximate surface area is 142 Å². The maximum Gasteiger partial charge on any atom is 0.241 e. The van der Waals surface area contributed by atoms with E-state index in [1.54, 1.807) is 16.8 Å². The molecule has 1 heterocycles. The molecule has 4 heteroatoms. The smallest absolute Gasteiger partial charge is 0.241 e. The van der Waals surface area contributed by atoms with E-state index in [0.29, 0.717) is 13.1 Å². The predicted molar refractivity (Wildman–Crippen MR) is 93.6 cm³/mol. The molecule has 3 rings (SSSR count). The Morgan fingerprint density at radius 1 is 0.917 bits per heavy atom. The first kappa shape index (κ1) is 16.2. The molecule has 2 amide bonds. The molecule has 1 fully saturated rings. The first-order valence-electron chi connectivity index (χ1n) is 8.18. The second-order valence-corrected chi connectivity index (χ2v) is 6.40. The highest BCUT2D eigenvalue weighted by Gasteiger charge is 2.41. The molecule has 2 aromatic carbocycles. The molecule has 1 aliphatic rings. The summed E-state index contributed by atoms with van der Waals surface area (Å²) in [6, 6.07) is 19.6. The minimum Gasteiger partial charge on any atom is -0.342 e. The molecule has 0 N–H and O–H groups in total. The summed E-state index contributed by atoms with van der Waals surface area (Å²) >= 11 is 0. The first-order valence-corrected chi connectivity index (χ1v) is 8.18. The highest BCUT2D eigenvalue weighted by atomic mass is 16.2. The van der Waals surface area contributed by atoms with Gasteiger partial charge in [0.25, 0.3) is 0 Å². The van der Waals surface area contributed by atoms with Gasteiger partial charge in [-0.05, 0) is 18.1 Å². The van der Waals surface area contributed by atoms with Gasteiger partial charge in [-0.3, -0.25) is 9.59 Å². The van der Waals surface area contributed by atoms with Gasteiger partial charge in [-0.25, -0.2) is 0 Å². The minimum absolute atomic E-state index is 0.0157. The van der Waals surface area contributed by atoms with Crippen LogP contribution in [-0.4, -0.2) is 48.3 Å². The standard InChI is InChI=1S/C20H22N2O2/c1-20(16-9-5-3-6-10-16,17-11-7-4-8-12-17)19(24)22-14-13-21(2)18(23)15-22/h3-12H,13-15H2,1-2H3. The van der Waals surface area contributed by atoms with Gasteiger partial charge in [0.05, 0.1) is 12.0 Å². The van der Waals surface area contributed by atoms with E-state index in [1.807, 2.05) is 67.6 Å². The summed E-state index contributed by atoms with van der Waals surface area (Å²) in [5, 5.41) is 0. The molecule has 0 atom stereocenters. The van der Waals surface area contributed by atoms with Gasteiger partial charge in [-0.1, -0.05) is 60.7 Å². The molecule has 0 spiro atoms. The predicted octanol–water partition coefficient (Wildman–Crippen LogP) is 2.29. The van der Waals surface area contributed by atoms with E-state index in [2.05, 4.69) is 0 Å². The molecule has 124 valence electrons. The molecular formula is C20H22N2O2. The molecule has 1 saturated heterocycles. The van der Waals surface area contributed by atoms with Gasteiger partial charge in [0, 0.05) is 20.1 Å². The highest BCUT2D eigenvalue weighted by Crippen LogP contribution is 2.34. The van der Waals surface area contributed by atoms with E-state index >= 15 is 0 Å². The van der Waals surface area contributed by atoms with Crippen molar-refractivity contribution in [3.63, 3.8) is 0 Å². The van der Waals surface area contributed by atoms with Crippen LogP contribution in [0.2, 0.25) is 0 Å². The Morgan fingerprint density at radius 3 is 1.88 bits per heavy atom. The maximum absolute atomic E-state index is 13.4. The summed E-state index contributed by atoms with van der Waals surface area (Å²) in [7, 11) is 1.78. The van der Waals surface area contributed by atoms with Gasteiger partial charge >= 0.3 is 0 Å². The van der Waals surface area contributed by atoms with Crippen LogP contribution in [-0.2, 0) is 15.0 Å². The Hall–Kier alpha value is -2.62. The zero-order valence-electron chi connectivity index (χ0n) is 14.1. The number of benzene rings is 2. The van der Waals surface area contributed by atoms with Gasteiger partial charge in [0.15, 0.2) is 0 Å². The minimum atomic E-state index is -0.807. The largest absolute Gasteiger partial charge is 0.342 e. The number of carbonyl (C=O) groups is 2. The Balaban J connectivity index is 2.03. The van der Waals surface area contributed by atoms with Crippen LogP contribution in [0.25, 0.3) is 0 Å². The zero-order chi connectivity index (χ0) is 17.2. The van der Waals surface area contributed by atoms with E-state index in [0.717, 1.165) is 11.1 Å². The normalized spacial score (nSPS) is 15.5. The molecule has 0 bridgehead atoms. The van der Waals surface area contributed by atoms with Crippen molar-refractivity contribution in [2.24, 2.45) is 0 Å². The number of piperazine rings is 1. The lowest BCUT2D eigenvalue weighted by Crippen LogP contribution is -2.55. The van der Waals surface area contributed by atoms with E-state index in [9.17, 15) is 9.59 Å². The average molecular weight is 322 g/mol. The second-order valence-electron chi connectivity index (χ2n) is 6.40. The molecule has 0 aromatic heterocycles. The van der Waals surface area contributed by atoms with Crippen molar-refractivity contribution in [2.45, 2.75) is 12.3 Å². The monoisotopic (exact) mass is 322 g/mol. The van der Waals surface area contributed by atoms with Gasteiger partial charge in [0.2, 0.25) is 11.8 Å². The quantitative estimate of drug-likeness (QED) is 0.870. The van der Waals surface area contributed by atoms with Crippen LogP contribution in [0.5, 0.6) is 0 Å². The lowest BCUT2D eigenvalue weighted by Gasteiger charge is -2.39. The average Bonchev–Trinajstić information content (AvgIpc) is 2.64. The molecular weight excluding hydrogens is 300 g/mol. The highest BCUT2D eigenvalue weighted by molar-refractivity contribution is 5.94. The number of amides is 2. The molecule has 1 aliphatic heterocycles. The van der Waals surface area contributed by atoms with Gasteiger partial charge in [-0.15, -0.1) is 0 Å². The van der Waals surface area contributed by atoms with E-state index in [4.69, 9.17) is 0 Å². The van der Waals surface area contributed by atoms with E-state index in [-0.39, 0.29) is 18.4 Å². The van der Waals surface area contributed by atoms with Crippen molar-refractivity contribution in [1.82, 2.24) is 9.80 Å². The molecule has 4 nitrogen and oxygen atoms in total. The fraction of sp³-hybridized carbons (Fsp3) is 0.300. The zero-order valence-corrected chi connectivity index (χ0v) is 14.1. The molecule has 0 unspecified atom stereocenters. The van der Waals surface area contributed by atoms with Crippen LogP contribution in [0.1, 0.15) is 18.1 Å². The van der Waals surface area contributed by atoms with Gasteiger partial charge in [-0.2, -0.15) is 0 Å². The van der Waals surface area contributed by atoms with Crippen LogP contribution in [0.15, 0.2) is 60.7 Å². The van der Waals surface area contributed by atoms with Crippen LogP contribution in [0, 0.1) is 0 Å². The van der Waals surface area contributed by atoms with Crippen molar-refractivity contribution >= 4 is 11.8 Å². The van der Waals surface area contributed by atoms with Crippen molar-refractivity contribution in [2.75, 3.05) is 26.7 Å². The number of rotatable bonds is 3. The molecule has 2 aromatic rings. The van der Waals surface area contributed by atoms with Crippen LogP contribution < -0.4 is 0 Å². The third-order valence-corrected chi connectivity index (χ3v) is 4.87. The van der Waals surface area contributed by atoms with Crippen molar-refractivity contribution in [1.29, 1.82) is 0 Å². The van der Waals surface area contributed by atoms with Crippen LogP contribution in [0.3, 0.4) is 0 Å². The van der Waals surface area contributed by atoms with Crippen LogP contribution in [0.4, 0.5) is 0 Å². The topological polar surface area (TPSA) is 40.6 Å². The lowest BCUT2D eigenvalue weighted by atomic mass is 9.75. The lowest BCUT2D eigenvalue weighted by molar-refractivity contribution is -0.146. The summed E-state index contributed by atoms with van der Waals surface area (Å²) < 4.78 is 0. The Kier molecular flexibility index (Phi) is 4.38. The molecule has 24 heavy (non-hydrogen) atoms. The molecule has 0 radical (unpaired) electrons. The van der Waals surface area contributed by atoms with E-state index in [1.165, 1.54) is 0 Å². The van der Waals surface area contributed by atoms with Gasteiger partial charge in [0.1, 0.15) is 0 Å². The maximum atomic E-state index is 13.4. The summed E-state index contributed by atoms with van der Waals surface area (Å²) in [6.07, 6.45) is 0. The number of nitrogens with zero attached hydrogens (tertiary/aromatic N) is 2. The number of hydrogen-bond acceptors (Lipinski definition) is 2. The van der Waals surface area contributed by atoms with Crippen molar-refractivity contribution in [3.05, 3.63) is 71.8 Å². The van der Waals surface area contributed by atoms with Crippen molar-refractivity contribution < 1.29 is 9.59 Å². The Bertz CT molecular complexity index is 688. The second kappa shape index (κ2) is 6.48. The van der Waals surface area contributed by atoms with E-state index < -0.39 is 5.41 Å².